The van der Waals surface area contributed by atoms with Crippen molar-refractivity contribution < 1.29 is 9.59 Å². The van der Waals surface area contributed by atoms with Crippen molar-refractivity contribution in [3.8, 4) is 0 Å². The highest BCUT2D eigenvalue weighted by Gasteiger charge is 2.41. The minimum Gasteiger partial charge on any atom is -0.338 e. The molecule has 1 aromatic carbocycles. The number of piperidine rings is 1. The van der Waals surface area contributed by atoms with Crippen LogP contribution in [0.15, 0.2) is 18.2 Å². The molecule has 1 aromatic heterocycles. The highest BCUT2D eigenvalue weighted by Crippen LogP contribution is 2.30. The largest absolute Gasteiger partial charge is 0.338 e. The summed E-state index contributed by atoms with van der Waals surface area (Å²) < 4.78 is 1.11. The van der Waals surface area contributed by atoms with E-state index in [0.717, 1.165) is 41.0 Å². The van der Waals surface area contributed by atoms with Gasteiger partial charge in [0.1, 0.15) is 0 Å². The smallest absolute Gasteiger partial charge is 0.254 e. The highest BCUT2D eigenvalue weighted by molar-refractivity contribution is 7.18. The van der Waals surface area contributed by atoms with Crippen LogP contribution >= 0.6 is 11.3 Å². The molecule has 4 heterocycles. The average Bonchev–Trinajstić information content (AvgIpc) is 2.77. The van der Waals surface area contributed by atoms with Gasteiger partial charge in [-0.2, -0.15) is 0 Å². The van der Waals surface area contributed by atoms with Crippen LogP contribution in [0, 0.1) is 12.8 Å². The number of nitrogens with zero attached hydrogens (tertiary/aromatic N) is 3. The zero-order valence-corrected chi connectivity index (χ0v) is 15.5. The lowest BCUT2D eigenvalue weighted by Crippen LogP contribution is -2.48. The molecule has 5 nitrogen and oxygen atoms in total. The Kier molecular flexibility index (Phi) is 4.23. The van der Waals surface area contributed by atoms with Gasteiger partial charge in [-0.25, -0.2) is 4.98 Å². The monoisotopic (exact) mass is 357 g/mol. The van der Waals surface area contributed by atoms with E-state index in [1.54, 1.807) is 11.3 Å². The van der Waals surface area contributed by atoms with Gasteiger partial charge in [0.15, 0.2) is 0 Å². The van der Waals surface area contributed by atoms with E-state index in [9.17, 15) is 9.59 Å². The Morgan fingerprint density at radius 3 is 2.96 bits per heavy atom. The van der Waals surface area contributed by atoms with Gasteiger partial charge in [0, 0.05) is 31.2 Å². The van der Waals surface area contributed by atoms with Crippen molar-refractivity contribution in [3.63, 3.8) is 0 Å². The Bertz CT molecular complexity index is 831. The third-order valence-corrected chi connectivity index (χ3v) is 6.24. The molecule has 6 heteroatoms. The minimum atomic E-state index is -0.0421. The Labute approximate surface area is 151 Å². The van der Waals surface area contributed by atoms with Crippen molar-refractivity contribution in [1.29, 1.82) is 0 Å². The summed E-state index contributed by atoms with van der Waals surface area (Å²) in [6, 6.07) is 5.93. The van der Waals surface area contributed by atoms with Crippen molar-refractivity contribution in [1.82, 2.24) is 14.8 Å². The summed E-state index contributed by atoms with van der Waals surface area (Å²) in [6.07, 6.45) is 2.87. The van der Waals surface area contributed by atoms with Crippen LogP contribution in [-0.2, 0) is 4.79 Å². The molecule has 3 aliphatic heterocycles. The van der Waals surface area contributed by atoms with Crippen LogP contribution < -0.4 is 0 Å². The molecular weight excluding hydrogens is 334 g/mol. The summed E-state index contributed by atoms with van der Waals surface area (Å²) in [5.41, 5.74) is 1.56. The first-order valence-electron chi connectivity index (χ1n) is 9.03. The topological polar surface area (TPSA) is 53.5 Å². The maximum absolute atomic E-state index is 13.1. The van der Waals surface area contributed by atoms with Gasteiger partial charge in [-0.15, -0.1) is 11.3 Å². The number of amides is 2. The van der Waals surface area contributed by atoms with Crippen LogP contribution in [0.1, 0.15) is 41.6 Å². The van der Waals surface area contributed by atoms with Gasteiger partial charge in [-0.3, -0.25) is 9.59 Å². The second-order valence-electron chi connectivity index (χ2n) is 7.09. The van der Waals surface area contributed by atoms with Gasteiger partial charge in [0.2, 0.25) is 5.91 Å². The molecular formula is C19H23N3O2S. The predicted octanol–water partition coefficient (Wildman–Crippen LogP) is 3.08. The molecule has 25 heavy (non-hydrogen) atoms. The Morgan fingerprint density at radius 2 is 2.16 bits per heavy atom. The number of aryl methyl sites for hydroxylation is 1. The van der Waals surface area contributed by atoms with Crippen LogP contribution in [0.3, 0.4) is 0 Å². The van der Waals surface area contributed by atoms with Crippen LogP contribution in [0.4, 0.5) is 0 Å². The summed E-state index contributed by atoms with van der Waals surface area (Å²) in [7, 11) is 0. The third kappa shape index (κ3) is 2.92. The summed E-state index contributed by atoms with van der Waals surface area (Å²) in [4.78, 5) is 34.1. The maximum atomic E-state index is 13.1. The lowest BCUT2D eigenvalue weighted by atomic mass is 9.94. The van der Waals surface area contributed by atoms with Crippen LogP contribution in [-0.4, -0.2) is 52.3 Å². The number of carbonyl (C=O) groups is 2. The van der Waals surface area contributed by atoms with Crippen molar-refractivity contribution in [2.45, 2.75) is 39.2 Å². The maximum Gasteiger partial charge on any atom is 0.254 e. The molecule has 132 valence electrons. The Morgan fingerprint density at radius 1 is 1.32 bits per heavy atom. The fourth-order valence-electron chi connectivity index (χ4n) is 4.10. The van der Waals surface area contributed by atoms with Gasteiger partial charge in [-0.05, 0) is 44.4 Å². The molecule has 0 spiro atoms. The van der Waals surface area contributed by atoms with E-state index in [0.29, 0.717) is 18.7 Å². The van der Waals surface area contributed by atoms with Gasteiger partial charge in [-0.1, -0.05) is 6.92 Å². The van der Waals surface area contributed by atoms with Gasteiger partial charge in [0.05, 0.1) is 21.1 Å². The van der Waals surface area contributed by atoms with Gasteiger partial charge >= 0.3 is 0 Å². The second kappa shape index (κ2) is 6.41. The van der Waals surface area contributed by atoms with E-state index < -0.39 is 0 Å². The summed E-state index contributed by atoms with van der Waals surface area (Å²) in [6.45, 7) is 6.07. The molecule has 3 fully saturated rings. The molecule has 2 unspecified atom stereocenters. The Hall–Kier alpha value is -1.95. The number of hydrogen-bond donors (Lipinski definition) is 0. The van der Waals surface area contributed by atoms with E-state index in [2.05, 4.69) is 11.9 Å². The summed E-state index contributed by atoms with van der Waals surface area (Å²) >= 11 is 1.64. The number of hydrogen-bond acceptors (Lipinski definition) is 4. The minimum absolute atomic E-state index is 0.0237. The van der Waals surface area contributed by atoms with Gasteiger partial charge < -0.3 is 9.80 Å². The van der Waals surface area contributed by atoms with E-state index in [-0.39, 0.29) is 23.8 Å². The molecule has 2 bridgehead atoms. The van der Waals surface area contributed by atoms with Crippen molar-refractivity contribution in [2.24, 2.45) is 5.92 Å². The molecule has 0 N–H and O–H groups in total. The first-order chi connectivity index (χ1) is 12.1. The second-order valence-corrected chi connectivity index (χ2v) is 8.32. The quantitative estimate of drug-likeness (QED) is 0.848. The first kappa shape index (κ1) is 16.5. The molecule has 2 aromatic rings. The SMILES string of the molecule is CCCN1C(=O)C2CCC1CN(C(=O)c1ccc3sc(C)nc3c1)C2. The van der Waals surface area contributed by atoms with Crippen LogP contribution in [0.2, 0.25) is 0 Å². The molecule has 0 saturated carbocycles. The van der Waals surface area contributed by atoms with E-state index in [1.165, 1.54) is 0 Å². The number of thiazole rings is 1. The lowest BCUT2D eigenvalue weighted by Gasteiger charge is -2.35. The van der Waals surface area contributed by atoms with E-state index in [1.807, 2.05) is 34.9 Å². The molecule has 0 aliphatic carbocycles. The summed E-state index contributed by atoms with van der Waals surface area (Å²) in [5, 5.41) is 1.01. The number of benzene rings is 1. The normalized spacial score (nSPS) is 23.4. The molecule has 2 amide bonds. The molecule has 3 saturated heterocycles. The number of carbonyl (C=O) groups excluding carboxylic acids is 2. The molecule has 0 radical (unpaired) electrons. The average molecular weight is 357 g/mol. The standard InChI is InChI=1S/C19H23N3O2S/c1-3-8-22-15-6-4-14(19(22)24)10-21(11-15)18(23)13-5-7-17-16(9-13)20-12(2)25-17/h5,7,9,14-15H,3-4,6,8,10-11H2,1-2H3. The zero-order chi connectivity index (χ0) is 17.6. The van der Waals surface area contributed by atoms with Crippen LogP contribution in [0.5, 0.6) is 0 Å². The van der Waals surface area contributed by atoms with Gasteiger partial charge in [0.25, 0.3) is 5.91 Å². The Balaban J connectivity index is 1.60. The van der Waals surface area contributed by atoms with E-state index in [4.69, 9.17) is 0 Å². The zero-order valence-electron chi connectivity index (χ0n) is 14.7. The summed E-state index contributed by atoms with van der Waals surface area (Å²) in [5.74, 6) is 0.217. The number of rotatable bonds is 3. The first-order valence-corrected chi connectivity index (χ1v) is 9.85. The van der Waals surface area contributed by atoms with Crippen molar-refractivity contribution >= 4 is 33.4 Å². The van der Waals surface area contributed by atoms with Crippen molar-refractivity contribution in [2.75, 3.05) is 19.6 Å². The molecule has 3 aliphatic rings. The fraction of sp³-hybridized carbons (Fsp3) is 0.526. The molecule has 5 rings (SSSR count). The van der Waals surface area contributed by atoms with Crippen molar-refractivity contribution in [3.05, 3.63) is 28.8 Å². The van der Waals surface area contributed by atoms with E-state index >= 15 is 0 Å². The third-order valence-electron chi connectivity index (χ3n) is 5.29. The number of aromatic nitrogens is 1. The predicted molar refractivity (Wildman–Crippen MR) is 98.8 cm³/mol. The van der Waals surface area contributed by atoms with Crippen LogP contribution in [0.25, 0.3) is 10.2 Å². The lowest BCUT2D eigenvalue weighted by molar-refractivity contribution is -0.139. The fourth-order valence-corrected chi connectivity index (χ4v) is 4.91. The molecule has 2 atom stereocenters. The number of fused-ring (bicyclic) bond motifs is 5. The highest BCUT2D eigenvalue weighted by atomic mass is 32.1.